The minimum atomic E-state index is -1.12. The first-order valence-corrected chi connectivity index (χ1v) is 8.05. The number of thiocarbonyl (C=S) groups is 1. The van der Waals surface area contributed by atoms with Gasteiger partial charge in [-0.1, -0.05) is 32.9 Å². The molecule has 0 spiro atoms. The molecule has 0 aliphatic carbocycles. The summed E-state index contributed by atoms with van der Waals surface area (Å²) >= 11 is 5.19. The normalized spacial score (nSPS) is 11.0. The standard InChI is InChI=1S/C18H20N2O4S/c1-10-5-6-11(13-7-8-14(24-13)15(21)22)9-12(10)19-17(25)20-16(23)18(2,3)4/h5-9H,1-4H3,(H,21,22)(H2,19,20,23,25). The van der Waals surface area contributed by atoms with Gasteiger partial charge in [0.15, 0.2) is 5.11 Å². The minimum Gasteiger partial charge on any atom is -0.475 e. The molecule has 25 heavy (non-hydrogen) atoms. The highest BCUT2D eigenvalue weighted by molar-refractivity contribution is 7.80. The van der Waals surface area contributed by atoms with E-state index in [0.717, 1.165) is 5.56 Å². The summed E-state index contributed by atoms with van der Waals surface area (Å²) in [6.45, 7) is 7.29. The van der Waals surface area contributed by atoms with Crippen molar-refractivity contribution in [2.24, 2.45) is 5.41 Å². The second kappa shape index (κ2) is 7.06. The first-order chi connectivity index (χ1) is 11.6. The van der Waals surface area contributed by atoms with E-state index in [0.29, 0.717) is 17.0 Å². The number of hydrogen-bond donors (Lipinski definition) is 3. The molecule has 0 bridgehead atoms. The molecule has 0 saturated heterocycles. The van der Waals surface area contributed by atoms with Crippen LogP contribution < -0.4 is 10.6 Å². The molecular weight excluding hydrogens is 340 g/mol. The molecule has 0 saturated carbocycles. The lowest BCUT2D eigenvalue weighted by Crippen LogP contribution is -2.41. The van der Waals surface area contributed by atoms with E-state index in [-0.39, 0.29) is 16.8 Å². The number of carbonyl (C=O) groups is 2. The van der Waals surface area contributed by atoms with Crippen LogP contribution in [0.4, 0.5) is 5.69 Å². The highest BCUT2D eigenvalue weighted by Gasteiger charge is 2.22. The van der Waals surface area contributed by atoms with Gasteiger partial charge in [0.05, 0.1) is 0 Å². The summed E-state index contributed by atoms with van der Waals surface area (Å²) in [6.07, 6.45) is 0. The lowest BCUT2D eigenvalue weighted by Gasteiger charge is -2.19. The van der Waals surface area contributed by atoms with Crippen molar-refractivity contribution in [1.82, 2.24) is 5.32 Å². The predicted molar refractivity (Wildman–Crippen MR) is 99.7 cm³/mol. The van der Waals surface area contributed by atoms with Crippen LogP contribution in [-0.4, -0.2) is 22.1 Å². The van der Waals surface area contributed by atoms with E-state index in [1.165, 1.54) is 6.07 Å². The molecule has 0 atom stereocenters. The number of carboxylic acids is 1. The summed E-state index contributed by atoms with van der Waals surface area (Å²) in [5, 5.41) is 14.8. The quantitative estimate of drug-likeness (QED) is 0.721. The van der Waals surface area contributed by atoms with Gasteiger partial charge in [0, 0.05) is 16.7 Å². The minimum absolute atomic E-state index is 0.127. The van der Waals surface area contributed by atoms with Gasteiger partial charge in [0.2, 0.25) is 11.7 Å². The summed E-state index contributed by atoms with van der Waals surface area (Å²) in [4.78, 5) is 22.9. The second-order valence-corrected chi connectivity index (χ2v) is 7.07. The number of furan rings is 1. The maximum absolute atomic E-state index is 12.0. The molecule has 1 aromatic carbocycles. The number of amides is 1. The maximum atomic E-state index is 12.0. The molecule has 7 heteroatoms. The Morgan fingerprint density at radius 2 is 1.84 bits per heavy atom. The Labute approximate surface area is 151 Å². The van der Waals surface area contributed by atoms with E-state index < -0.39 is 11.4 Å². The Balaban J connectivity index is 2.20. The topological polar surface area (TPSA) is 91.6 Å². The highest BCUT2D eigenvalue weighted by Crippen LogP contribution is 2.27. The highest BCUT2D eigenvalue weighted by atomic mass is 32.1. The van der Waals surface area contributed by atoms with Crippen LogP contribution in [-0.2, 0) is 4.79 Å². The summed E-state index contributed by atoms with van der Waals surface area (Å²) in [5.41, 5.74) is 1.76. The summed E-state index contributed by atoms with van der Waals surface area (Å²) < 4.78 is 5.31. The summed E-state index contributed by atoms with van der Waals surface area (Å²) in [5.74, 6) is -0.998. The van der Waals surface area contributed by atoms with Gasteiger partial charge >= 0.3 is 5.97 Å². The van der Waals surface area contributed by atoms with Crippen molar-refractivity contribution in [2.75, 3.05) is 5.32 Å². The molecule has 132 valence electrons. The van der Waals surface area contributed by atoms with E-state index in [4.69, 9.17) is 21.7 Å². The Hall–Kier alpha value is -2.67. The monoisotopic (exact) mass is 360 g/mol. The maximum Gasteiger partial charge on any atom is 0.371 e. The lowest BCUT2D eigenvalue weighted by atomic mass is 9.96. The van der Waals surface area contributed by atoms with Gasteiger partial charge in [0.1, 0.15) is 5.76 Å². The van der Waals surface area contributed by atoms with E-state index in [2.05, 4.69) is 10.6 Å². The number of rotatable bonds is 3. The van der Waals surface area contributed by atoms with Crippen LogP contribution in [0, 0.1) is 12.3 Å². The van der Waals surface area contributed by atoms with Crippen LogP contribution in [0.2, 0.25) is 0 Å². The fourth-order valence-electron chi connectivity index (χ4n) is 1.96. The summed E-state index contributed by atoms with van der Waals surface area (Å²) in [6, 6.07) is 8.46. The third-order valence-corrected chi connectivity index (χ3v) is 3.70. The van der Waals surface area contributed by atoms with Gasteiger partial charge in [0.25, 0.3) is 0 Å². The average molecular weight is 360 g/mol. The SMILES string of the molecule is Cc1ccc(-c2ccc(C(=O)O)o2)cc1NC(=S)NC(=O)C(C)(C)C. The van der Waals surface area contributed by atoms with Crippen molar-refractivity contribution >= 4 is 34.9 Å². The molecule has 1 aromatic heterocycles. The Morgan fingerprint density at radius 3 is 2.40 bits per heavy atom. The number of hydrogen-bond acceptors (Lipinski definition) is 4. The van der Waals surface area contributed by atoms with Gasteiger partial charge in [-0.25, -0.2) is 4.79 Å². The smallest absolute Gasteiger partial charge is 0.371 e. The molecule has 1 heterocycles. The molecule has 1 amide bonds. The number of aromatic carboxylic acids is 1. The van der Waals surface area contributed by atoms with Gasteiger partial charge in [-0.2, -0.15) is 0 Å². The Bertz CT molecular complexity index is 834. The zero-order chi connectivity index (χ0) is 18.8. The average Bonchev–Trinajstić information content (AvgIpc) is 2.98. The fraction of sp³-hybridized carbons (Fsp3) is 0.278. The molecule has 0 radical (unpaired) electrons. The van der Waals surface area contributed by atoms with Crippen molar-refractivity contribution in [3.8, 4) is 11.3 Å². The van der Waals surface area contributed by atoms with Crippen LogP contribution in [0.3, 0.4) is 0 Å². The first kappa shape index (κ1) is 18.7. The third kappa shape index (κ3) is 4.67. The van der Waals surface area contributed by atoms with E-state index in [1.54, 1.807) is 32.9 Å². The van der Waals surface area contributed by atoms with Crippen LogP contribution >= 0.6 is 12.2 Å². The van der Waals surface area contributed by atoms with Crippen LogP contribution in [0.15, 0.2) is 34.7 Å². The van der Waals surface area contributed by atoms with Crippen molar-refractivity contribution in [1.29, 1.82) is 0 Å². The molecule has 0 fully saturated rings. The summed E-state index contributed by atoms with van der Waals surface area (Å²) in [7, 11) is 0. The van der Waals surface area contributed by atoms with Crippen LogP contribution in [0.25, 0.3) is 11.3 Å². The lowest BCUT2D eigenvalue weighted by molar-refractivity contribution is -0.126. The van der Waals surface area contributed by atoms with Gasteiger partial charge in [-0.05, 0) is 42.9 Å². The molecule has 0 aliphatic heterocycles. The molecule has 6 nitrogen and oxygen atoms in total. The zero-order valence-electron chi connectivity index (χ0n) is 14.5. The Kier molecular flexibility index (Phi) is 5.27. The number of anilines is 1. The molecule has 3 N–H and O–H groups in total. The predicted octanol–water partition coefficient (Wildman–Crippen LogP) is 3.81. The molecular formula is C18H20N2O4S. The van der Waals surface area contributed by atoms with Crippen molar-refractivity contribution in [3.63, 3.8) is 0 Å². The molecule has 0 aliphatic rings. The number of aryl methyl sites for hydroxylation is 1. The van der Waals surface area contributed by atoms with Crippen molar-refractivity contribution < 1.29 is 19.1 Å². The fourth-order valence-corrected chi connectivity index (χ4v) is 2.16. The Morgan fingerprint density at radius 1 is 1.16 bits per heavy atom. The van der Waals surface area contributed by atoms with Gasteiger partial charge in [-0.3, -0.25) is 4.79 Å². The molecule has 2 aromatic rings. The van der Waals surface area contributed by atoms with E-state index in [1.807, 2.05) is 19.1 Å². The van der Waals surface area contributed by atoms with Gasteiger partial charge in [-0.15, -0.1) is 0 Å². The van der Waals surface area contributed by atoms with E-state index >= 15 is 0 Å². The third-order valence-electron chi connectivity index (χ3n) is 3.50. The van der Waals surface area contributed by atoms with Crippen molar-refractivity contribution in [2.45, 2.75) is 27.7 Å². The van der Waals surface area contributed by atoms with Crippen LogP contribution in [0.1, 0.15) is 36.9 Å². The number of carbonyl (C=O) groups excluding carboxylic acids is 1. The molecule has 2 rings (SSSR count). The molecule has 0 unspecified atom stereocenters. The van der Waals surface area contributed by atoms with E-state index in [9.17, 15) is 9.59 Å². The zero-order valence-corrected chi connectivity index (χ0v) is 15.3. The number of nitrogens with one attached hydrogen (secondary N) is 2. The first-order valence-electron chi connectivity index (χ1n) is 7.64. The van der Waals surface area contributed by atoms with Gasteiger partial charge < -0.3 is 20.2 Å². The second-order valence-electron chi connectivity index (χ2n) is 6.66. The van der Waals surface area contributed by atoms with Crippen LogP contribution in [0.5, 0.6) is 0 Å². The largest absolute Gasteiger partial charge is 0.475 e. The number of benzene rings is 1. The number of carboxylic acid groups (broad SMARTS) is 1. The van der Waals surface area contributed by atoms with Crippen molar-refractivity contribution in [3.05, 3.63) is 41.7 Å².